The summed E-state index contributed by atoms with van der Waals surface area (Å²) in [6.07, 6.45) is 1.06. The van der Waals surface area contributed by atoms with E-state index in [-0.39, 0.29) is 22.5 Å². The number of ether oxygens (including phenoxy) is 1. The lowest BCUT2D eigenvalue weighted by molar-refractivity contribution is -0.385. The highest BCUT2D eigenvalue weighted by Crippen LogP contribution is 2.29. The third kappa shape index (κ3) is 6.24. The second kappa shape index (κ2) is 11.3. The van der Waals surface area contributed by atoms with E-state index in [4.69, 9.17) is 4.74 Å². The summed E-state index contributed by atoms with van der Waals surface area (Å²) in [6.45, 7) is 0.725. The third-order valence-corrected chi connectivity index (χ3v) is 6.91. The van der Waals surface area contributed by atoms with Crippen molar-refractivity contribution in [1.29, 1.82) is 0 Å². The van der Waals surface area contributed by atoms with Crippen molar-refractivity contribution in [2.45, 2.75) is 11.8 Å². The number of hydrogen-bond donors (Lipinski definition) is 1. The number of nitrogens with zero attached hydrogens (tertiary/aromatic N) is 4. The van der Waals surface area contributed by atoms with E-state index in [2.05, 4.69) is 10.5 Å². The van der Waals surface area contributed by atoms with Crippen LogP contribution in [0.5, 0.6) is 5.75 Å². The molecule has 0 atom stereocenters. The Kier molecular flexibility index (Phi) is 8.14. The van der Waals surface area contributed by atoms with Gasteiger partial charge in [0.05, 0.1) is 39.3 Å². The molecule has 3 aromatic rings. The van der Waals surface area contributed by atoms with Crippen LogP contribution >= 0.6 is 0 Å². The maximum absolute atomic E-state index is 13.5. The highest BCUT2D eigenvalue weighted by Gasteiger charge is 2.29. The van der Waals surface area contributed by atoms with E-state index in [1.54, 1.807) is 6.07 Å². The number of nitro benzene ring substituents is 2. The lowest BCUT2D eigenvalue weighted by Gasteiger charge is -2.24. The van der Waals surface area contributed by atoms with E-state index in [0.717, 1.165) is 16.6 Å². The summed E-state index contributed by atoms with van der Waals surface area (Å²) in [4.78, 5) is 33.5. The molecule has 13 nitrogen and oxygen atoms in total. The Hall–Kier alpha value is -4.85. The van der Waals surface area contributed by atoms with Gasteiger partial charge >= 0.3 is 0 Å². The molecule has 0 spiro atoms. The molecule has 0 unspecified atom stereocenters. The first-order valence-corrected chi connectivity index (χ1v) is 12.0. The largest absolute Gasteiger partial charge is 0.497 e. The Bertz CT molecular complexity index is 1470. The summed E-state index contributed by atoms with van der Waals surface area (Å²) in [5.74, 6) is -0.429. The van der Waals surface area contributed by atoms with Crippen molar-refractivity contribution < 1.29 is 27.8 Å². The van der Waals surface area contributed by atoms with Gasteiger partial charge in [0.15, 0.2) is 0 Å². The molecule has 0 aliphatic rings. The van der Waals surface area contributed by atoms with Crippen LogP contribution in [0, 0.1) is 27.2 Å². The standard InChI is InChI=1S/C23H21N5O8S/c1-16-7-12-20(13-22(16)28(32)33)37(34,35)26(18-8-10-19(36-2)11-9-18)15-23(29)25-24-14-17-5-3-4-6-21(17)27(30)31/h3-14H,15H2,1-2H3,(H,25,29). The van der Waals surface area contributed by atoms with E-state index in [0.29, 0.717) is 5.75 Å². The van der Waals surface area contributed by atoms with Crippen LogP contribution in [0.4, 0.5) is 17.1 Å². The summed E-state index contributed by atoms with van der Waals surface area (Å²) in [5, 5.41) is 26.2. The second-order valence-corrected chi connectivity index (χ2v) is 9.39. The minimum absolute atomic E-state index is 0.0851. The average Bonchev–Trinajstić information content (AvgIpc) is 2.87. The van der Waals surface area contributed by atoms with Crippen molar-refractivity contribution in [2.75, 3.05) is 18.0 Å². The lowest BCUT2D eigenvalue weighted by atomic mass is 10.2. The molecule has 0 aliphatic carbocycles. The van der Waals surface area contributed by atoms with Gasteiger partial charge in [-0.25, -0.2) is 13.8 Å². The molecule has 3 aromatic carbocycles. The Labute approximate surface area is 211 Å². The molecule has 0 aliphatic heterocycles. The Morgan fingerprint density at radius 1 is 1.03 bits per heavy atom. The number of para-hydroxylation sites is 1. The van der Waals surface area contributed by atoms with Crippen LogP contribution in [0.15, 0.2) is 76.7 Å². The minimum Gasteiger partial charge on any atom is -0.497 e. The zero-order valence-electron chi connectivity index (χ0n) is 19.6. The van der Waals surface area contributed by atoms with Crippen LogP contribution in [0.3, 0.4) is 0 Å². The Morgan fingerprint density at radius 3 is 2.30 bits per heavy atom. The van der Waals surface area contributed by atoms with Gasteiger partial charge in [0, 0.05) is 17.7 Å². The number of nitrogens with one attached hydrogen (secondary N) is 1. The fourth-order valence-electron chi connectivity index (χ4n) is 3.24. The van der Waals surface area contributed by atoms with Gasteiger partial charge in [-0.2, -0.15) is 5.10 Å². The van der Waals surface area contributed by atoms with Crippen molar-refractivity contribution in [3.63, 3.8) is 0 Å². The van der Waals surface area contributed by atoms with Crippen molar-refractivity contribution >= 4 is 39.2 Å². The summed E-state index contributed by atoms with van der Waals surface area (Å²) in [5.41, 5.74) is 2.00. The normalized spacial score (nSPS) is 11.2. The number of benzene rings is 3. The number of hydrogen-bond acceptors (Lipinski definition) is 9. The highest BCUT2D eigenvalue weighted by molar-refractivity contribution is 7.92. The van der Waals surface area contributed by atoms with Crippen molar-refractivity contribution in [3.8, 4) is 5.75 Å². The molecule has 1 N–H and O–H groups in total. The second-order valence-electron chi connectivity index (χ2n) is 7.52. The van der Waals surface area contributed by atoms with Crippen LogP contribution in [0.25, 0.3) is 0 Å². The molecule has 14 heteroatoms. The van der Waals surface area contributed by atoms with Crippen LogP contribution in [-0.2, 0) is 14.8 Å². The molecule has 1 amide bonds. The van der Waals surface area contributed by atoms with E-state index < -0.39 is 42.9 Å². The Balaban J connectivity index is 1.93. The van der Waals surface area contributed by atoms with Gasteiger partial charge < -0.3 is 4.74 Å². The topological polar surface area (TPSA) is 174 Å². The number of methoxy groups -OCH3 is 1. The van der Waals surface area contributed by atoms with Gasteiger partial charge in [0.25, 0.3) is 27.3 Å². The predicted octanol–water partition coefficient (Wildman–Crippen LogP) is 3.17. The molecule has 3 rings (SSSR count). The number of sulfonamides is 1. The smallest absolute Gasteiger partial charge is 0.278 e. The van der Waals surface area contributed by atoms with Crippen LogP contribution in [0.1, 0.15) is 11.1 Å². The minimum atomic E-state index is -4.45. The zero-order chi connectivity index (χ0) is 27.2. The van der Waals surface area contributed by atoms with Gasteiger partial charge in [-0.1, -0.05) is 18.2 Å². The van der Waals surface area contributed by atoms with Gasteiger partial charge in [-0.05, 0) is 43.3 Å². The molecular weight excluding hydrogens is 506 g/mol. The summed E-state index contributed by atoms with van der Waals surface area (Å²) >= 11 is 0. The lowest BCUT2D eigenvalue weighted by Crippen LogP contribution is -2.39. The van der Waals surface area contributed by atoms with Crippen LogP contribution in [0.2, 0.25) is 0 Å². The van der Waals surface area contributed by atoms with E-state index in [9.17, 15) is 33.4 Å². The average molecular weight is 528 g/mol. The molecule has 0 saturated carbocycles. The number of carbonyl (C=O) groups excluding carboxylic acids is 1. The molecular formula is C23H21N5O8S. The first kappa shape index (κ1) is 26.7. The predicted molar refractivity (Wildman–Crippen MR) is 134 cm³/mol. The number of carbonyl (C=O) groups is 1. The van der Waals surface area contributed by atoms with Gasteiger partial charge in [-0.3, -0.25) is 29.3 Å². The van der Waals surface area contributed by atoms with E-state index in [1.807, 2.05) is 0 Å². The van der Waals surface area contributed by atoms with E-state index >= 15 is 0 Å². The number of nitro groups is 2. The first-order chi connectivity index (χ1) is 17.5. The first-order valence-electron chi connectivity index (χ1n) is 10.5. The molecule has 37 heavy (non-hydrogen) atoms. The molecule has 192 valence electrons. The molecule has 0 bridgehead atoms. The maximum atomic E-state index is 13.5. The Morgan fingerprint density at radius 2 is 1.68 bits per heavy atom. The third-order valence-electron chi connectivity index (χ3n) is 5.14. The monoisotopic (exact) mass is 527 g/mol. The zero-order valence-corrected chi connectivity index (χ0v) is 20.4. The van der Waals surface area contributed by atoms with Crippen molar-refractivity contribution in [2.24, 2.45) is 5.10 Å². The number of rotatable bonds is 10. The number of aryl methyl sites for hydroxylation is 1. The fourth-order valence-corrected chi connectivity index (χ4v) is 4.68. The SMILES string of the molecule is COc1ccc(N(CC(=O)NN=Cc2ccccc2[N+](=O)[O-])S(=O)(=O)c2ccc(C)c([N+](=O)[O-])c2)cc1. The van der Waals surface area contributed by atoms with Gasteiger partial charge in [0.2, 0.25) is 0 Å². The van der Waals surface area contributed by atoms with Crippen molar-refractivity contribution in [1.82, 2.24) is 5.43 Å². The van der Waals surface area contributed by atoms with Crippen molar-refractivity contribution in [3.05, 3.63) is 98.1 Å². The van der Waals surface area contributed by atoms with Gasteiger partial charge in [0.1, 0.15) is 12.3 Å². The number of amides is 1. The number of anilines is 1. The molecule has 0 fully saturated rings. The highest BCUT2D eigenvalue weighted by atomic mass is 32.2. The molecule has 0 radical (unpaired) electrons. The van der Waals surface area contributed by atoms with Crippen LogP contribution < -0.4 is 14.5 Å². The van der Waals surface area contributed by atoms with Crippen LogP contribution in [-0.4, -0.2) is 44.0 Å². The summed E-state index contributed by atoms with van der Waals surface area (Å²) < 4.78 is 32.9. The summed E-state index contributed by atoms with van der Waals surface area (Å²) in [7, 11) is -3.02. The molecule has 0 aromatic heterocycles. The summed E-state index contributed by atoms with van der Waals surface area (Å²) in [6, 6.07) is 14.9. The maximum Gasteiger partial charge on any atom is 0.278 e. The van der Waals surface area contributed by atoms with Gasteiger partial charge in [-0.15, -0.1) is 0 Å². The molecule has 0 heterocycles. The number of hydrazone groups is 1. The quantitative estimate of drug-likeness (QED) is 0.238. The molecule has 0 saturated heterocycles. The van der Waals surface area contributed by atoms with E-state index in [1.165, 1.54) is 68.6 Å². The fraction of sp³-hybridized carbons (Fsp3) is 0.130.